The number of allylic oxidation sites excluding steroid dienone is 6. The third kappa shape index (κ3) is 39.7. The zero-order valence-electron chi connectivity index (χ0n) is 36.8. The van der Waals surface area contributed by atoms with Crippen LogP contribution in [-0.2, 0) is 33.3 Å². The molecule has 0 bridgehead atoms. The van der Waals surface area contributed by atoms with Gasteiger partial charge in [-0.1, -0.05) is 147 Å². The number of hydrogen-bond acceptors (Lipinski definition) is 8. The van der Waals surface area contributed by atoms with Gasteiger partial charge < -0.3 is 33.3 Å². The van der Waals surface area contributed by atoms with E-state index in [1.807, 2.05) is 21.1 Å². The fraction of sp³-hybridized carbons (Fsp3) is 0.809. The number of aliphatic carboxylic acids is 1. The van der Waals surface area contributed by atoms with Gasteiger partial charge in [0.2, 0.25) is 0 Å². The third-order valence-corrected chi connectivity index (χ3v) is 9.59. The quantitative estimate of drug-likeness (QED) is 0.0198. The van der Waals surface area contributed by atoms with Gasteiger partial charge >= 0.3 is 11.9 Å². The number of rotatable bonds is 41. The molecule has 0 saturated carbocycles. The highest BCUT2D eigenvalue weighted by molar-refractivity contribution is 5.70. The van der Waals surface area contributed by atoms with Crippen LogP contribution in [0.2, 0.25) is 0 Å². The Hall–Kier alpha value is -2.49. The van der Waals surface area contributed by atoms with Crippen LogP contribution in [0.3, 0.4) is 0 Å². The Balaban J connectivity index is 4.42. The van der Waals surface area contributed by atoms with Crippen molar-refractivity contribution in [1.29, 1.82) is 0 Å². The van der Waals surface area contributed by atoms with Crippen molar-refractivity contribution in [3.05, 3.63) is 36.5 Å². The first kappa shape index (κ1) is 53.5. The second-order valence-electron chi connectivity index (χ2n) is 16.3. The first-order valence-corrected chi connectivity index (χ1v) is 22.6. The van der Waals surface area contributed by atoms with E-state index in [9.17, 15) is 19.5 Å². The maximum atomic E-state index is 12.7. The molecule has 0 aliphatic carbocycles. The van der Waals surface area contributed by atoms with Gasteiger partial charge in [0, 0.05) is 12.8 Å². The maximum absolute atomic E-state index is 12.7. The van der Waals surface area contributed by atoms with E-state index in [0.29, 0.717) is 17.4 Å². The summed E-state index contributed by atoms with van der Waals surface area (Å²) in [6.07, 6.45) is 40.3. The van der Waals surface area contributed by atoms with E-state index in [1.54, 1.807) is 0 Å². The average molecular weight is 792 g/mol. The molecule has 56 heavy (non-hydrogen) atoms. The molecule has 0 heterocycles. The molecule has 0 fully saturated rings. The van der Waals surface area contributed by atoms with E-state index in [0.717, 1.165) is 77.0 Å². The van der Waals surface area contributed by atoms with Crippen LogP contribution in [0, 0.1) is 0 Å². The number of nitrogens with zero attached hydrogens (tertiary/aromatic N) is 1. The molecule has 0 aliphatic heterocycles. The van der Waals surface area contributed by atoms with E-state index in [4.69, 9.17) is 18.9 Å². The van der Waals surface area contributed by atoms with Crippen LogP contribution in [-0.4, -0.2) is 82.3 Å². The van der Waals surface area contributed by atoms with Crippen molar-refractivity contribution in [1.82, 2.24) is 0 Å². The number of likely N-dealkylation sites (N-methyl/N-ethyl adjacent to an activating group) is 1. The largest absolute Gasteiger partial charge is 0.545 e. The van der Waals surface area contributed by atoms with Crippen LogP contribution in [0.25, 0.3) is 0 Å². The predicted octanol–water partition coefficient (Wildman–Crippen LogP) is 10.5. The van der Waals surface area contributed by atoms with Crippen LogP contribution >= 0.6 is 0 Å². The summed E-state index contributed by atoms with van der Waals surface area (Å²) in [5, 5.41) is 11.7. The normalized spacial score (nSPS) is 13.2. The molecule has 0 aliphatic rings. The fourth-order valence-corrected chi connectivity index (χ4v) is 6.04. The summed E-state index contributed by atoms with van der Waals surface area (Å²) in [7, 11) is 5.90. The van der Waals surface area contributed by atoms with E-state index >= 15 is 0 Å². The number of hydrogen-bond donors (Lipinski definition) is 0. The summed E-state index contributed by atoms with van der Waals surface area (Å²) in [6.45, 7) is 4.65. The topological polar surface area (TPSA) is 111 Å². The molecule has 0 aromatic carbocycles. The van der Waals surface area contributed by atoms with Crippen LogP contribution in [0.15, 0.2) is 36.5 Å². The van der Waals surface area contributed by atoms with Crippen molar-refractivity contribution in [3.8, 4) is 0 Å². The van der Waals surface area contributed by atoms with E-state index in [1.165, 1.54) is 77.0 Å². The minimum Gasteiger partial charge on any atom is -0.545 e. The van der Waals surface area contributed by atoms with Gasteiger partial charge in [-0.2, -0.15) is 0 Å². The first-order valence-electron chi connectivity index (χ1n) is 22.6. The summed E-state index contributed by atoms with van der Waals surface area (Å²) < 4.78 is 22.5. The van der Waals surface area contributed by atoms with E-state index in [-0.39, 0.29) is 38.6 Å². The van der Waals surface area contributed by atoms with Crippen molar-refractivity contribution in [2.45, 2.75) is 200 Å². The molecule has 0 rings (SSSR count). The van der Waals surface area contributed by atoms with Gasteiger partial charge in [0.05, 0.1) is 40.3 Å². The lowest BCUT2D eigenvalue weighted by atomic mass is 10.1. The van der Waals surface area contributed by atoms with Crippen molar-refractivity contribution in [2.75, 3.05) is 47.5 Å². The molecule has 0 aromatic rings. The standard InChI is InChI=1S/C47H85NO8/c1-6-8-10-12-14-16-18-20-21-22-23-24-26-27-29-31-33-35-37-44(49)54-41-43(42-55-47(46(51)52)53-40-39-48(3,4)5)56-45(50)38-36-34-32-30-28-25-19-17-15-13-11-9-7-2/h11,13,17,19,21-22,43,47H,6-10,12,14-16,18,20,23-42H2,1-5H3/b13-11-,19-17-,22-21-. The number of esters is 2. The smallest absolute Gasteiger partial charge is 0.306 e. The van der Waals surface area contributed by atoms with Gasteiger partial charge in [0.1, 0.15) is 13.2 Å². The van der Waals surface area contributed by atoms with Crippen LogP contribution < -0.4 is 5.11 Å². The number of carbonyl (C=O) groups is 3. The number of ether oxygens (including phenoxy) is 4. The fourth-order valence-electron chi connectivity index (χ4n) is 6.04. The summed E-state index contributed by atoms with van der Waals surface area (Å²) in [6, 6.07) is 0. The molecule has 9 nitrogen and oxygen atoms in total. The number of unbranched alkanes of at least 4 members (excludes halogenated alkanes) is 20. The second kappa shape index (κ2) is 39.3. The van der Waals surface area contributed by atoms with Gasteiger partial charge in [-0.3, -0.25) is 9.59 Å². The molecular formula is C47H85NO8. The number of carbonyl (C=O) groups excluding carboxylic acids is 3. The molecule has 0 saturated heterocycles. The summed E-state index contributed by atoms with van der Waals surface area (Å²) in [5.74, 6) is -2.31. The Morgan fingerprint density at radius 2 is 1.00 bits per heavy atom. The van der Waals surface area contributed by atoms with E-state index in [2.05, 4.69) is 50.3 Å². The number of quaternary nitrogens is 1. The van der Waals surface area contributed by atoms with Crippen molar-refractivity contribution in [3.63, 3.8) is 0 Å². The Labute approximate surface area is 343 Å². The molecule has 0 amide bonds. The predicted molar refractivity (Wildman–Crippen MR) is 228 cm³/mol. The molecule has 0 aromatic heterocycles. The summed E-state index contributed by atoms with van der Waals surface area (Å²) in [5.41, 5.74) is 0. The van der Waals surface area contributed by atoms with Gasteiger partial charge in [-0.25, -0.2) is 0 Å². The molecule has 326 valence electrons. The third-order valence-electron chi connectivity index (χ3n) is 9.59. The molecule has 0 radical (unpaired) electrons. The van der Waals surface area contributed by atoms with Gasteiger partial charge in [-0.05, 0) is 64.2 Å². The zero-order chi connectivity index (χ0) is 41.4. The minimum atomic E-state index is -1.62. The van der Waals surface area contributed by atoms with E-state index < -0.39 is 24.3 Å². The van der Waals surface area contributed by atoms with Crippen LogP contribution in [0.1, 0.15) is 187 Å². The summed E-state index contributed by atoms with van der Waals surface area (Å²) >= 11 is 0. The van der Waals surface area contributed by atoms with Crippen molar-refractivity contribution in [2.24, 2.45) is 0 Å². The van der Waals surface area contributed by atoms with Crippen LogP contribution in [0.5, 0.6) is 0 Å². The lowest BCUT2D eigenvalue weighted by Crippen LogP contribution is -2.44. The van der Waals surface area contributed by atoms with Gasteiger partial charge in [0.15, 0.2) is 12.4 Å². The van der Waals surface area contributed by atoms with Gasteiger partial charge in [0.25, 0.3) is 0 Å². The highest BCUT2D eigenvalue weighted by atomic mass is 16.7. The van der Waals surface area contributed by atoms with Crippen molar-refractivity contribution < 1.29 is 42.9 Å². The monoisotopic (exact) mass is 792 g/mol. The highest BCUT2D eigenvalue weighted by Crippen LogP contribution is 2.14. The molecule has 0 spiro atoms. The Morgan fingerprint density at radius 3 is 1.50 bits per heavy atom. The second-order valence-corrected chi connectivity index (χ2v) is 16.3. The zero-order valence-corrected chi connectivity index (χ0v) is 36.8. The Kier molecular flexibility index (Phi) is 37.6. The average Bonchev–Trinajstić information content (AvgIpc) is 3.15. The molecule has 0 N–H and O–H groups in total. The number of carboxylic acid groups (broad SMARTS) is 1. The molecular weight excluding hydrogens is 707 g/mol. The SMILES string of the molecule is CCC/C=C\C/C=C\CCCCCCCC(=O)OC(COC(=O)CCCCCCCCC/C=C\CCCCCCCCC)COC(OCC[N+](C)(C)C)C(=O)[O-]. The number of carboxylic acids is 1. The minimum absolute atomic E-state index is 0.144. The summed E-state index contributed by atoms with van der Waals surface area (Å²) in [4.78, 5) is 36.9. The first-order chi connectivity index (χ1) is 27.1. The Morgan fingerprint density at radius 1 is 0.536 bits per heavy atom. The maximum Gasteiger partial charge on any atom is 0.306 e. The van der Waals surface area contributed by atoms with Crippen molar-refractivity contribution >= 4 is 17.9 Å². The van der Waals surface area contributed by atoms with Gasteiger partial charge in [-0.15, -0.1) is 0 Å². The van der Waals surface area contributed by atoms with Crippen LogP contribution in [0.4, 0.5) is 0 Å². The molecule has 2 unspecified atom stereocenters. The molecule has 2 atom stereocenters. The lowest BCUT2D eigenvalue weighted by molar-refractivity contribution is -0.870. The molecule has 9 heteroatoms. The highest BCUT2D eigenvalue weighted by Gasteiger charge is 2.21. The Bertz CT molecular complexity index is 1020. The lowest BCUT2D eigenvalue weighted by Gasteiger charge is -2.26.